The molecule has 0 N–H and O–H groups in total. The van der Waals surface area contributed by atoms with E-state index in [4.69, 9.17) is 0 Å². The smallest absolute Gasteiger partial charge is 0.265 e. The molecule has 0 spiro atoms. The second-order valence-electron chi connectivity index (χ2n) is 5.73. The van der Waals surface area contributed by atoms with Gasteiger partial charge >= 0.3 is 0 Å². The molecular weight excluding hydrogens is 302 g/mol. The lowest BCUT2D eigenvalue weighted by molar-refractivity contribution is 0.0880. The number of amides is 1. The quantitative estimate of drug-likeness (QED) is 0.621. The van der Waals surface area contributed by atoms with Crippen molar-refractivity contribution in [2.24, 2.45) is 0 Å². The van der Waals surface area contributed by atoms with Gasteiger partial charge in [0.1, 0.15) is 0 Å². The summed E-state index contributed by atoms with van der Waals surface area (Å²) in [5, 5.41) is 1.12. The Balaban J connectivity index is 2.68. The summed E-state index contributed by atoms with van der Waals surface area (Å²) in [5.74, 6) is 0.162. The molecule has 0 aliphatic heterocycles. The molecule has 0 radical (unpaired) electrons. The fourth-order valence-corrected chi connectivity index (χ4v) is 6.27. The molecule has 108 valence electrons. The standard InChI is InChI=1S/C15H21NOS2Si/c1-6-16(18-2)14(17)13-11-9-7-8-10-12(11)19-15(13)20(3,4)5/h7-10H,6H2,1-5H3. The highest BCUT2D eigenvalue weighted by Gasteiger charge is 2.30. The average Bonchev–Trinajstić information content (AvgIpc) is 2.79. The van der Waals surface area contributed by atoms with Crippen LogP contribution in [0.25, 0.3) is 10.1 Å². The van der Waals surface area contributed by atoms with Crippen molar-refractivity contribution in [2.75, 3.05) is 12.8 Å². The zero-order valence-corrected chi connectivity index (χ0v) is 15.3. The first-order chi connectivity index (χ1) is 9.40. The summed E-state index contributed by atoms with van der Waals surface area (Å²) in [6, 6.07) is 8.27. The predicted molar refractivity (Wildman–Crippen MR) is 95.0 cm³/mol. The Bertz CT molecular complexity index is 626. The fourth-order valence-electron chi connectivity index (χ4n) is 2.27. The molecule has 0 bridgehead atoms. The SMILES string of the molecule is CCN(SC)C(=O)c1c([Si](C)(C)C)sc2ccccc12. The molecule has 2 rings (SSSR count). The first kappa shape index (κ1) is 15.6. The highest BCUT2D eigenvalue weighted by molar-refractivity contribution is 7.96. The van der Waals surface area contributed by atoms with E-state index in [1.165, 1.54) is 21.1 Å². The van der Waals surface area contributed by atoms with Gasteiger partial charge in [-0.05, 0) is 13.0 Å². The third kappa shape index (κ3) is 2.80. The molecule has 2 aromatic rings. The molecule has 1 aromatic heterocycles. The zero-order valence-electron chi connectivity index (χ0n) is 12.7. The fraction of sp³-hybridized carbons (Fsp3) is 0.400. The first-order valence-electron chi connectivity index (χ1n) is 6.78. The maximum atomic E-state index is 12.9. The highest BCUT2D eigenvalue weighted by Crippen LogP contribution is 2.29. The number of hydrogen-bond donors (Lipinski definition) is 0. The number of nitrogens with zero attached hydrogens (tertiary/aromatic N) is 1. The normalized spacial score (nSPS) is 11.8. The number of carbonyl (C=O) groups excluding carboxylic acids is 1. The molecule has 0 atom stereocenters. The van der Waals surface area contributed by atoms with Crippen molar-refractivity contribution in [1.82, 2.24) is 4.31 Å². The summed E-state index contributed by atoms with van der Waals surface area (Å²) in [4.78, 5) is 12.9. The number of hydrogen-bond acceptors (Lipinski definition) is 3. The minimum Gasteiger partial charge on any atom is -0.283 e. The van der Waals surface area contributed by atoms with Crippen molar-refractivity contribution in [3.8, 4) is 0 Å². The summed E-state index contributed by atoms with van der Waals surface area (Å²) in [7, 11) is -1.53. The van der Waals surface area contributed by atoms with Crippen molar-refractivity contribution < 1.29 is 4.79 Å². The van der Waals surface area contributed by atoms with E-state index >= 15 is 0 Å². The topological polar surface area (TPSA) is 20.3 Å². The van der Waals surface area contributed by atoms with Crippen molar-refractivity contribution in [3.05, 3.63) is 29.8 Å². The maximum absolute atomic E-state index is 12.9. The van der Waals surface area contributed by atoms with Gasteiger partial charge in [0, 0.05) is 27.4 Å². The van der Waals surface area contributed by atoms with Crippen molar-refractivity contribution >= 4 is 51.9 Å². The van der Waals surface area contributed by atoms with Crippen LogP contribution < -0.4 is 4.50 Å². The van der Waals surface area contributed by atoms with E-state index in [2.05, 4.69) is 31.8 Å². The third-order valence-corrected chi connectivity index (χ3v) is 8.83. The molecule has 1 aromatic carbocycles. The van der Waals surface area contributed by atoms with Crippen LogP contribution in [0, 0.1) is 0 Å². The van der Waals surface area contributed by atoms with Gasteiger partial charge in [-0.15, -0.1) is 11.3 Å². The van der Waals surface area contributed by atoms with Crippen molar-refractivity contribution in [3.63, 3.8) is 0 Å². The molecule has 0 unspecified atom stereocenters. The lowest BCUT2D eigenvalue weighted by atomic mass is 10.1. The van der Waals surface area contributed by atoms with Gasteiger partial charge in [-0.3, -0.25) is 9.10 Å². The van der Waals surface area contributed by atoms with Gasteiger partial charge in [0.25, 0.3) is 5.91 Å². The number of carbonyl (C=O) groups is 1. The molecule has 0 aliphatic carbocycles. The van der Waals surface area contributed by atoms with Crippen LogP contribution in [-0.2, 0) is 0 Å². The minimum absolute atomic E-state index is 0.162. The van der Waals surface area contributed by atoms with Gasteiger partial charge in [0.05, 0.1) is 13.6 Å². The average molecular weight is 324 g/mol. The van der Waals surface area contributed by atoms with Crippen LogP contribution >= 0.6 is 23.3 Å². The van der Waals surface area contributed by atoms with Gasteiger partial charge in [0.2, 0.25) is 0 Å². The Kier molecular flexibility index (Phi) is 4.61. The Labute approximate surface area is 130 Å². The molecule has 1 amide bonds. The van der Waals surface area contributed by atoms with Crippen molar-refractivity contribution in [1.29, 1.82) is 0 Å². The summed E-state index contributed by atoms with van der Waals surface area (Å²) in [6.45, 7) is 9.68. The second kappa shape index (κ2) is 5.91. The number of fused-ring (bicyclic) bond motifs is 1. The van der Waals surface area contributed by atoms with E-state index in [1.807, 2.05) is 29.6 Å². The van der Waals surface area contributed by atoms with Crippen LogP contribution in [0.4, 0.5) is 0 Å². The lowest BCUT2D eigenvalue weighted by Gasteiger charge is -2.21. The highest BCUT2D eigenvalue weighted by atomic mass is 32.2. The number of rotatable bonds is 4. The van der Waals surface area contributed by atoms with E-state index in [1.54, 1.807) is 11.3 Å². The molecule has 0 saturated heterocycles. The van der Waals surface area contributed by atoms with E-state index in [0.29, 0.717) is 0 Å². The van der Waals surface area contributed by atoms with Crippen LogP contribution in [0.3, 0.4) is 0 Å². The molecular formula is C15H21NOS2Si. The molecule has 0 aliphatic rings. The van der Waals surface area contributed by atoms with E-state index in [-0.39, 0.29) is 5.91 Å². The summed E-state index contributed by atoms with van der Waals surface area (Å²) in [5.41, 5.74) is 0.945. The monoisotopic (exact) mass is 323 g/mol. The predicted octanol–water partition coefficient (Wildman–Crippen LogP) is 4.19. The third-order valence-electron chi connectivity index (χ3n) is 3.22. The lowest BCUT2D eigenvalue weighted by Crippen LogP contribution is -2.40. The first-order valence-corrected chi connectivity index (χ1v) is 12.3. The Hall–Kier alpha value is -0.783. The Morgan fingerprint density at radius 2 is 1.95 bits per heavy atom. The molecule has 0 fully saturated rings. The van der Waals surface area contributed by atoms with Crippen molar-refractivity contribution in [2.45, 2.75) is 26.6 Å². The van der Waals surface area contributed by atoms with E-state index in [0.717, 1.165) is 17.5 Å². The van der Waals surface area contributed by atoms with Crippen LogP contribution in [0.5, 0.6) is 0 Å². The van der Waals surface area contributed by atoms with Gasteiger partial charge < -0.3 is 0 Å². The van der Waals surface area contributed by atoms with Crippen LogP contribution in [0.1, 0.15) is 17.3 Å². The largest absolute Gasteiger partial charge is 0.283 e. The Morgan fingerprint density at radius 3 is 2.50 bits per heavy atom. The van der Waals surface area contributed by atoms with Gasteiger partial charge in [-0.1, -0.05) is 49.8 Å². The second-order valence-corrected chi connectivity index (χ2v) is 13.0. The molecule has 0 saturated carbocycles. The molecule has 1 heterocycles. The zero-order chi connectivity index (χ0) is 14.9. The van der Waals surface area contributed by atoms with Gasteiger partial charge in [0.15, 0.2) is 0 Å². The minimum atomic E-state index is -1.53. The van der Waals surface area contributed by atoms with Crippen LogP contribution in [-0.4, -0.2) is 31.1 Å². The van der Waals surface area contributed by atoms with Gasteiger partial charge in [-0.25, -0.2) is 0 Å². The summed E-state index contributed by atoms with van der Waals surface area (Å²) < 4.78 is 4.39. The van der Waals surface area contributed by atoms with Crippen LogP contribution in [0.15, 0.2) is 24.3 Å². The van der Waals surface area contributed by atoms with E-state index < -0.39 is 8.07 Å². The van der Waals surface area contributed by atoms with Crippen LogP contribution in [0.2, 0.25) is 19.6 Å². The number of benzene rings is 1. The Morgan fingerprint density at radius 1 is 1.30 bits per heavy atom. The summed E-state index contributed by atoms with van der Waals surface area (Å²) >= 11 is 3.31. The summed E-state index contributed by atoms with van der Waals surface area (Å²) in [6.07, 6.45) is 1.96. The molecule has 5 heteroatoms. The van der Waals surface area contributed by atoms with Gasteiger partial charge in [-0.2, -0.15) is 0 Å². The van der Waals surface area contributed by atoms with E-state index in [9.17, 15) is 4.79 Å². The molecule has 20 heavy (non-hydrogen) atoms. The maximum Gasteiger partial charge on any atom is 0.265 e. The number of thiophene rings is 1. The molecule has 2 nitrogen and oxygen atoms in total.